The van der Waals surface area contributed by atoms with Crippen LogP contribution in [-0.2, 0) is 9.53 Å². The van der Waals surface area contributed by atoms with E-state index in [1.807, 2.05) is 0 Å². The molecule has 0 saturated heterocycles. The van der Waals surface area contributed by atoms with Gasteiger partial charge in [0.2, 0.25) is 0 Å². The van der Waals surface area contributed by atoms with Crippen LogP contribution in [0, 0.1) is 0 Å². The molecule has 4 heteroatoms. The molecule has 1 atom stereocenters. The molecule has 0 aromatic heterocycles. The highest BCUT2D eigenvalue weighted by molar-refractivity contribution is 5.68. The largest absolute Gasteiger partial charge is 0.469 e. The molecule has 0 aliphatic rings. The Bertz CT molecular complexity index is 242. The van der Waals surface area contributed by atoms with Crippen LogP contribution in [0.1, 0.15) is 104 Å². The van der Waals surface area contributed by atoms with Crippen LogP contribution in [0.25, 0.3) is 0 Å². The summed E-state index contributed by atoms with van der Waals surface area (Å²) in [6.45, 7) is 3.66. The smallest absolute Gasteiger partial charge is 0.305 e. The van der Waals surface area contributed by atoms with Gasteiger partial charge in [-0.25, -0.2) is 0 Å². The molecular weight excluding hydrogens is 304 g/mol. The zero-order chi connectivity index (χ0) is 18.5. The van der Waals surface area contributed by atoms with Gasteiger partial charge in [0.1, 0.15) is 0 Å². The van der Waals surface area contributed by atoms with Crippen molar-refractivity contribution in [1.82, 2.24) is 0 Å². The fraction of sp³-hybridized carbons (Fsp3) is 0.950. The van der Waals surface area contributed by atoms with Crippen LogP contribution in [0.4, 0.5) is 0 Å². The van der Waals surface area contributed by atoms with Crippen molar-refractivity contribution >= 4 is 5.97 Å². The number of aliphatic hydroxyl groups is 2. The molecule has 0 radical (unpaired) electrons. The summed E-state index contributed by atoms with van der Waals surface area (Å²) in [7, 11) is 1.46. The van der Waals surface area contributed by atoms with Crippen LogP contribution in [0.5, 0.6) is 0 Å². The summed E-state index contributed by atoms with van der Waals surface area (Å²) in [5, 5.41) is 16.0. The van der Waals surface area contributed by atoms with E-state index in [0.29, 0.717) is 6.42 Å². The van der Waals surface area contributed by atoms with Gasteiger partial charge in [0.25, 0.3) is 0 Å². The SMILES string of the molecule is CC(O)CO.CCCCCCCCCCCCCCCC(=O)OC. The lowest BCUT2D eigenvalue weighted by Crippen LogP contribution is -2.03. The monoisotopic (exact) mass is 346 g/mol. The molecule has 24 heavy (non-hydrogen) atoms. The van der Waals surface area contributed by atoms with Crippen molar-refractivity contribution in [3.8, 4) is 0 Å². The molecular formula is C20H42O4. The number of hydrogen-bond acceptors (Lipinski definition) is 4. The first-order chi connectivity index (χ1) is 11.6. The Morgan fingerprint density at radius 1 is 0.833 bits per heavy atom. The van der Waals surface area contributed by atoms with Crippen LogP contribution in [-0.4, -0.2) is 36.0 Å². The lowest BCUT2D eigenvalue weighted by Gasteiger charge is -2.03. The Kier molecular flexibility index (Phi) is 23.9. The minimum atomic E-state index is -0.560. The molecule has 0 aliphatic heterocycles. The maximum atomic E-state index is 10.9. The molecule has 0 amide bonds. The summed E-state index contributed by atoms with van der Waals surface area (Å²) in [6.07, 6.45) is 17.4. The first-order valence-electron chi connectivity index (χ1n) is 9.94. The molecule has 0 bridgehead atoms. The van der Waals surface area contributed by atoms with Gasteiger partial charge in [-0.15, -0.1) is 0 Å². The van der Waals surface area contributed by atoms with Gasteiger partial charge < -0.3 is 14.9 Å². The molecule has 0 spiro atoms. The van der Waals surface area contributed by atoms with Crippen LogP contribution < -0.4 is 0 Å². The van der Waals surface area contributed by atoms with Crippen molar-refractivity contribution in [1.29, 1.82) is 0 Å². The molecule has 0 aromatic rings. The summed E-state index contributed by atoms with van der Waals surface area (Å²) < 4.78 is 4.62. The van der Waals surface area contributed by atoms with E-state index in [4.69, 9.17) is 10.2 Å². The number of carbonyl (C=O) groups is 1. The van der Waals surface area contributed by atoms with E-state index in [2.05, 4.69) is 11.7 Å². The van der Waals surface area contributed by atoms with Gasteiger partial charge in [0.15, 0.2) is 0 Å². The van der Waals surface area contributed by atoms with E-state index in [1.54, 1.807) is 0 Å². The zero-order valence-electron chi connectivity index (χ0n) is 16.4. The maximum absolute atomic E-state index is 10.9. The topological polar surface area (TPSA) is 66.8 Å². The van der Waals surface area contributed by atoms with Gasteiger partial charge in [0.05, 0.1) is 19.8 Å². The van der Waals surface area contributed by atoms with E-state index >= 15 is 0 Å². The van der Waals surface area contributed by atoms with Crippen molar-refractivity contribution < 1.29 is 19.7 Å². The first-order valence-corrected chi connectivity index (χ1v) is 9.94. The molecule has 0 fully saturated rings. The molecule has 0 saturated carbocycles. The maximum Gasteiger partial charge on any atom is 0.305 e. The number of hydrogen-bond donors (Lipinski definition) is 2. The third-order valence-electron chi connectivity index (χ3n) is 3.98. The van der Waals surface area contributed by atoms with Gasteiger partial charge in [0, 0.05) is 6.42 Å². The van der Waals surface area contributed by atoms with E-state index in [1.165, 1.54) is 91.1 Å². The molecule has 1 unspecified atom stereocenters. The zero-order valence-corrected chi connectivity index (χ0v) is 16.4. The minimum absolute atomic E-state index is 0.0666. The predicted molar refractivity (Wildman–Crippen MR) is 101 cm³/mol. The van der Waals surface area contributed by atoms with Crippen molar-refractivity contribution in [3.05, 3.63) is 0 Å². The average Bonchev–Trinajstić information content (AvgIpc) is 2.59. The predicted octanol–water partition coefficient (Wildman–Crippen LogP) is 5.00. The number of unbranched alkanes of at least 4 members (excludes halogenated alkanes) is 12. The lowest BCUT2D eigenvalue weighted by atomic mass is 10.0. The number of esters is 1. The van der Waals surface area contributed by atoms with Crippen LogP contribution in [0.2, 0.25) is 0 Å². The highest BCUT2D eigenvalue weighted by Gasteiger charge is 1.99. The Morgan fingerprint density at radius 3 is 1.46 bits per heavy atom. The summed E-state index contributed by atoms with van der Waals surface area (Å²) in [6, 6.07) is 0. The van der Waals surface area contributed by atoms with Gasteiger partial charge in [-0.05, 0) is 13.3 Å². The number of carbonyl (C=O) groups excluding carboxylic acids is 1. The van der Waals surface area contributed by atoms with Crippen LogP contribution in [0.15, 0.2) is 0 Å². The number of methoxy groups -OCH3 is 1. The minimum Gasteiger partial charge on any atom is -0.469 e. The number of ether oxygens (including phenoxy) is 1. The summed E-state index contributed by atoms with van der Waals surface area (Å²) >= 11 is 0. The second-order valence-electron chi connectivity index (χ2n) is 6.60. The standard InChI is InChI=1S/C17H34O2.C3H8O2/c1-3-4-5-6-7-8-9-10-11-12-13-14-15-16-17(18)19-2;1-3(5)2-4/h3-16H2,1-2H3;3-5H,2H2,1H3. The summed E-state index contributed by atoms with van der Waals surface area (Å²) in [5.41, 5.74) is 0. The van der Waals surface area contributed by atoms with E-state index in [-0.39, 0.29) is 12.6 Å². The van der Waals surface area contributed by atoms with Crippen molar-refractivity contribution in [2.75, 3.05) is 13.7 Å². The number of rotatable bonds is 15. The normalized spacial score (nSPS) is 11.5. The van der Waals surface area contributed by atoms with Gasteiger partial charge in [-0.2, -0.15) is 0 Å². The van der Waals surface area contributed by atoms with Crippen molar-refractivity contribution in [2.45, 2.75) is 110 Å². The number of aliphatic hydroxyl groups excluding tert-OH is 2. The molecule has 146 valence electrons. The quantitative estimate of drug-likeness (QED) is 0.323. The van der Waals surface area contributed by atoms with Gasteiger partial charge >= 0.3 is 5.97 Å². The fourth-order valence-electron chi connectivity index (χ4n) is 2.39. The molecule has 0 aliphatic carbocycles. The second kappa shape index (κ2) is 22.4. The van der Waals surface area contributed by atoms with Crippen molar-refractivity contribution in [2.24, 2.45) is 0 Å². The van der Waals surface area contributed by atoms with E-state index in [0.717, 1.165) is 6.42 Å². The van der Waals surface area contributed by atoms with Crippen LogP contribution >= 0.6 is 0 Å². The highest BCUT2D eigenvalue weighted by Crippen LogP contribution is 2.12. The molecule has 4 nitrogen and oxygen atoms in total. The van der Waals surface area contributed by atoms with Gasteiger partial charge in [-0.3, -0.25) is 4.79 Å². The third-order valence-corrected chi connectivity index (χ3v) is 3.98. The Labute approximate surface area is 150 Å². The Balaban J connectivity index is 0. The Hall–Kier alpha value is -0.610. The van der Waals surface area contributed by atoms with Gasteiger partial charge in [-0.1, -0.05) is 84.0 Å². The summed E-state index contributed by atoms with van der Waals surface area (Å²) in [4.78, 5) is 10.9. The molecule has 0 aromatic carbocycles. The fourth-order valence-corrected chi connectivity index (χ4v) is 2.39. The first kappa shape index (κ1) is 25.6. The second-order valence-corrected chi connectivity index (χ2v) is 6.60. The molecule has 2 N–H and O–H groups in total. The Morgan fingerprint density at radius 2 is 1.17 bits per heavy atom. The van der Waals surface area contributed by atoms with E-state index < -0.39 is 6.10 Å². The average molecular weight is 347 g/mol. The third kappa shape index (κ3) is 26.3. The summed E-state index contributed by atoms with van der Waals surface area (Å²) in [5.74, 6) is -0.0666. The lowest BCUT2D eigenvalue weighted by molar-refractivity contribution is -0.140. The molecule has 0 rings (SSSR count). The van der Waals surface area contributed by atoms with E-state index in [9.17, 15) is 4.79 Å². The van der Waals surface area contributed by atoms with Crippen molar-refractivity contribution in [3.63, 3.8) is 0 Å². The highest BCUT2D eigenvalue weighted by atomic mass is 16.5. The molecule has 0 heterocycles. The van der Waals surface area contributed by atoms with Crippen LogP contribution in [0.3, 0.4) is 0 Å².